The topological polar surface area (TPSA) is 110 Å². The summed E-state index contributed by atoms with van der Waals surface area (Å²) in [5, 5.41) is 4.97. The minimum atomic E-state index is -4.65. The van der Waals surface area contributed by atoms with Crippen molar-refractivity contribution in [3.05, 3.63) is 53.1 Å². The highest BCUT2D eigenvalue weighted by Gasteiger charge is 2.39. The van der Waals surface area contributed by atoms with E-state index in [1.807, 2.05) is 0 Å². The number of hydrogen-bond donors (Lipinski definition) is 2. The summed E-state index contributed by atoms with van der Waals surface area (Å²) in [6.45, 7) is 4.34. The third-order valence-corrected chi connectivity index (χ3v) is 5.78. The molecule has 2 N–H and O–H groups in total. The highest BCUT2D eigenvalue weighted by atomic mass is 35.5. The van der Waals surface area contributed by atoms with Gasteiger partial charge >= 0.3 is 12.3 Å². The number of benzene rings is 1. The predicted octanol–water partition coefficient (Wildman–Crippen LogP) is 4.79. The van der Waals surface area contributed by atoms with Gasteiger partial charge in [0.15, 0.2) is 6.61 Å². The molecule has 3 rings (SSSR count). The maximum atomic E-state index is 13.6. The van der Waals surface area contributed by atoms with Gasteiger partial charge in [0.25, 0.3) is 5.91 Å². The SMILES string of the molecule is CC(C)(C)OC(=O)N1CC(NC(=O)COc2ccc(Cl)c(F)c2)CCC1C(=O)Nc1cncc(C(F)(F)F)c1. The zero-order chi connectivity index (χ0) is 29.0. The predicted molar refractivity (Wildman–Crippen MR) is 133 cm³/mol. The second-order valence-electron chi connectivity index (χ2n) is 9.80. The fourth-order valence-corrected chi connectivity index (χ4v) is 3.87. The number of carbonyl (C=O) groups excluding carboxylic acids is 3. The van der Waals surface area contributed by atoms with Crippen molar-refractivity contribution in [3.8, 4) is 5.75 Å². The number of hydrogen-bond acceptors (Lipinski definition) is 6. The first-order valence-corrected chi connectivity index (χ1v) is 12.2. The van der Waals surface area contributed by atoms with Crippen LogP contribution in [-0.2, 0) is 20.5 Å². The Morgan fingerprint density at radius 2 is 1.85 bits per heavy atom. The molecule has 0 bridgehead atoms. The van der Waals surface area contributed by atoms with E-state index in [1.54, 1.807) is 20.8 Å². The Hall–Kier alpha value is -3.61. The highest BCUT2D eigenvalue weighted by Crippen LogP contribution is 2.30. The number of carbonyl (C=O) groups is 3. The molecule has 0 aliphatic carbocycles. The van der Waals surface area contributed by atoms with Crippen LogP contribution in [0.2, 0.25) is 5.02 Å². The minimum Gasteiger partial charge on any atom is -0.484 e. The van der Waals surface area contributed by atoms with E-state index in [9.17, 15) is 31.9 Å². The number of piperidine rings is 1. The third-order valence-electron chi connectivity index (χ3n) is 5.47. The first kappa shape index (κ1) is 29.9. The lowest BCUT2D eigenvalue weighted by Crippen LogP contribution is -2.58. The van der Waals surface area contributed by atoms with Crippen LogP contribution in [0.4, 0.5) is 28.0 Å². The van der Waals surface area contributed by atoms with E-state index in [0.29, 0.717) is 6.20 Å². The normalized spacial score (nSPS) is 17.8. The van der Waals surface area contributed by atoms with Crippen molar-refractivity contribution in [1.82, 2.24) is 15.2 Å². The van der Waals surface area contributed by atoms with Gasteiger partial charge in [0, 0.05) is 24.8 Å². The standard InChI is InChI=1S/C25H27ClF4N4O5/c1-24(2,3)39-23(37)34-12-15(32-21(35)13-38-17-5-6-18(26)19(27)9-17)4-7-20(34)22(36)33-16-8-14(10-31-11-16)25(28,29)30/h5-6,8-11,15,20H,4,7,12-13H2,1-3H3,(H,32,35)(H,33,36). The first-order valence-electron chi connectivity index (χ1n) is 11.8. The van der Waals surface area contributed by atoms with Gasteiger partial charge in [0.05, 0.1) is 22.5 Å². The Kier molecular flexibility index (Phi) is 9.26. The summed E-state index contributed by atoms with van der Waals surface area (Å²) in [7, 11) is 0. The molecule has 3 amide bonds. The van der Waals surface area contributed by atoms with Crippen molar-refractivity contribution in [3.63, 3.8) is 0 Å². The molecule has 9 nitrogen and oxygen atoms in total. The molecule has 1 aliphatic heterocycles. The van der Waals surface area contributed by atoms with E-state index >= 15 is 0 Å². The molecule has 1 fully saturated rings. The molecule has 14 heteroatoms. The summed E-state index contributed by atoms with van der Waals surface area (Å²) >= 11 is 5.63. The molecule has 1 aromatic carbocycles. The van der Waals surface area contributed by atoms with E-state index in [-0.39, 0.29) is 35.8 Å². The number of anilines is 1. The number of nitrogens with zero attached hydrogens (tertiary/aromatic N) is 2. The Bertz CT molecular complexity index is 1220. The van der Waals surface area contributed by atoms with E-state index in [0.717, 1.165) is 23.2 Å². The summed E-state index contributed by atoms with van der Waals surface area (Å²) in [4.78, 5) is 43.1. The summed E-state index contributed by atoms with van der Waals surface area (Å²) < 4.78 is 63.4. The minimum absolute atomic E-state index is 0.0751. The van der Waals surface area contributed by atoms with Gasteiger partial charge in [-0.15, -0.1) is 0 Å². The van der Waals surface area contributed by atoms with Gasteiger partial charge in [-0.3, -0.25) is 19.5 Å². The van der Waals surface area contributed by atoms with Gasteiger partial charge in [0.1, 0.15) is 23.2 Å². The van der Waals surface area contributed by atoms with Crippen LogP contribution in [0.15, 0.2) is 36.7 Å². The summed E-state index contributed by atoms with van der Waals surface area (Å²) in [6.07, 6.45) is -3.47. The van der Waals surface area contributed by atoms with Crippen LogP contribution >= 0.6 is 11.6 Å². The number of amides is 3. The van der Waals surface area contributed by atoms with Crippen LogP contribution in [-0.4, -0.2) is 58.6 Å². The Morgan fingerprint density at radius 3 is 2.49 bits per heavy atom. The van der Waals surface area contributed by atoms with E-state index in [4.69, 9.17) is 21.1 Å². The molecule has 1 saturated heterocycles. The van der Waals surface area contributed by atoms with Crippen molar-refractivity contribution < 1.29 is 41.4 Å². The fourth-order valence-electron chi connectivity index (χ4n) is 3.76. The van der Waals surface area contributed by atoms with Crippen molar-refractivity contribution >= 4 is 35.2 Å². The molecule has 212 valence electrons. The summed E-state index contributed by atoms with van der Waals surface area (Å²) in [6, 6.07) is 2.77. The molecule has 2 aromatic rings. The lowest BCUT2D eigenvalue weighted by Gasteiger charge is -2.39. The lowest BCUT2D eigenvalue weighted by molar-refractivity contribution is -0.138. The van der Waals surface area contributed by atoms with Gasteiger partial charge < -0.3 is 20.1 Å². The van der Waals surface area contributed by atoms with Crippen LogP contribution in [0.25, 0.3) is 0 Å². The second kappa shape index (κ2) is 12.1. The highest BCUT2D eigenvalue weighted by molar-refractivity contribution is 6.30. The monoisotopic (exact) mass is 574 g/mol. The number of pyridine rings is 1. The number of alkyl halides is 3. The number of nitrogens with one attached hydrogen (secondary N) is 2. The van der Waals surface area contributed by atoms with E-state index < -0.39 is 59.8 Å². The average molecular weight is 575 g/mol. The quantitative estimate of drug-likeness (QED) is 0.480. The molecule has 2 heterocycles. The Balaban J connectivity index is 1.68. The van der Waals surface area contributed by atoms with E-state index in [2.05, 4.69) is 15.6 Å². The molecule has 2 unspecified atom stereocenters. The largest absolute Gasteiger partial charge is 0.484 e. The molecule has 0 saturated carbocycles. The van der Waals surface area contributed by atoms with Crippen LogP contribution < -0.4 is 15.4 Å². The summed E-state index contributed by atoms with van der Waals surface area (Å²) in [5.41, 5.74) is -2.13. The maximum absolute atomic E-state index is 13.6. The zero-order valence-electron chi connectivity index (χ0n) is 21.3. The Labute approximate surface area is 226 Å². The smallest absolute Gasteiger partial charge is 0.417 e. The molecule has 2 atom stereocenters. The zero-order valence-corrected chi connectivity index (χ0v) is 22.0. The summed E-state index contributed by atoms with van der Waals surface area (Å²) in [5.74, 6) is -1.91. The maximum Gasteiger partial charge on any atom is 0.417 e. The van der Waals surface area contributed by atoms with Crippen molar-refractivity contribution in [2.75, 3.05) is 18.5 Å². The Morgan fingerprint density at radius 1 is 1.13 bits per heavy atom. The van der Waals surface area contributed by atoms with Crippen molar-refractivity contribution in [2.24, 2.45) is 0 Å². The molecule has 1 aromatic heterocycles. The molecule has 39 heavy (non-hydrogen) atoms. The second-order valence-corrected chi connectivity index (χ2v) is 10.2. The van der Waals surface area contributed by atoms with Crippen molar-refractivity contribution in [1.29, 1.82) is 0 Å². The number of ether oxygens (including phenoxy) is 2. The van der Waals surface area contributed by atoms with Gasteiger partial charge in [-0.05, 0) is 51.8 Å². The van der Waals surface area contributed by atoms with Gasteiger partial charge in [-0.1, -0.05) is 11.6 Å². The molecule has 1 aliphatic rings. The number of rotatable bonds is 6. The lowest BCUT2D eigenvalue weighted by atomic mass is 9.97. The molecular formula is C25H27ClF4N4O5. The van der Waals surface area contributed by atoms with Crippen LogP contribution in [0.1, 0.15) is 39.2 Å². The number of likely N-dealkylation sites (tertiary alicyclic amines) is 1. The van der Waals surface area contributed by atoms with Crippen molar-refractivity contribution in [2.45, 2.75) is 57.5 Å². The van der Waals surface area contributed by atoms with Crippen LogP contribution in [0.3, 0.4) is 0 Å². The molecular weight excluding hydrogens is 548 g/mol. The first-order chi connectivity index (χ1) is 18.1. The van der Waals surface area contributed by atoms with Gasteiger partial charge in [-0.2, -0.15) is 13.2 Å². The van der Waals surface area contributed by atoms with Gasteiger partial charge in [-0.25, -0.2) is 9.18 Å². The third kappa shape index (κ3) is 8.70. The molecule has 0 radical (unpaired) electrons. The average Bonchev–Trinajstić information content (AvgIpc) is 2.83. The fraction of sp³-hybridized carbons (Fsp3) is 0.440. The number of halogens is 5. The number of aromatic nitrogens is 1. The van der Waals surface area contributed by atoms with E-state index in [1.165, 1.54) is 12.1 Å². The van der Waals surface area contributed by atoms with Gasteiger partial charge in [0.2, 0.25) is 5.91 Å². The van der Waals surface area contributed by atoms with Crippen LogP contribution in [0.5, 0.6) is 5.75 Å². The van der Waals surface area contributed by atoms with Crippen LogP contribution in [0, 0.1) is 5.82 Å². The molecule has 0 spiro atoms.